The van der Waals surface area contributed by atoms with Crippen LogP contribution >= 0.6 is 0 Å². The van der Waals surface area contributed by atoms with Crippen molar-refractivity contribution in [1.82, 2.24) is 0 Å². The molecule has 1 fully saturated rings. The molecule has 2 nitrogen and oxygen atoms in total. The zero-order chi connectivity index (χ0) is 20.3. The van der Waals surface area contributed by atoms with Crippen molar-refractivity contribution in [3.63, 3.8) is 0 Å². The number of hydrogen-bond donors (Lipinski definition) is 0. The Morgan fingerprint density at radius 1 is 0.931 bits per heavy atom. The summed E-state index contributed by atoms with van der Waals surface area (Å²) in [6.07, 6.45) is 7.15. The molecule has 3 heteroatoms. The van der Waals surface area contributed by atoms with Crippen molar-refractivity contribution in [1.29, 1.82) is 0 Å². The van der Waals surface area contributed by atoms with Crippen LogP contribution in [0.5, 0.6) is 0 Å². The van der Waals surface area contributed by atoms with Gasteiger partial charge in [-0.05, 0) is 52.5 Å². The molecule has 0 amide bonds. The zero-order valence-electron chi connectivity index (χ0n) is 18.1. The molecular weight excluding hydrogens is 372 g/mol. The Kier molecular flexibility index (Phi) is 6.10. The Hall–Kier alpha value is -1.68. The molecule has 0 spiro atoms. The van der Waals surface area contributed by atoms with E-state index in [1.165, 1.54) is 28.8 Å². The van der Waals surface area contributed by atoms with Crippen LogP contribution in [0.4, 0.5) is 0 Å². The van der Waals surface area contributed by atoms with Gasteiger partial charge < -0.3 is 8.85 Å². The number of fused-ring (bicyclic) bond motifs is 1. The largest absolute Gasteiger partial charge is 0.407 e. The molecule has 0 aliphatic heterocycles. The van der Waals surface area contributed by atoms with Gasteiger partial charge in [0.2, 0.25) is 0 Å². The highest BCUT2D eigenvalue weighted by molar-refractivity contribution is 6.92. The quantitative estimate of drug-likeness (QED) is 0.329. The van der Waals surface area contributed by atoms with E-state index >= 15 is 0 Å². The van der Waals surface area contributed by atoms with Crippen molar-refractivity contribution in [2.75, 3.05) is 13.2 Å². The third-order valence-electron chi connectivity index (χ3n) is 7.14. The lowest BCUT2D eigenvalue weighted by atomic mass is 9.49. The molecule has 2 aromatic carbocycles. The monoisotopic (exact) mass is 406 g/mol. The maximum Gasteiger partial charge on any atom is 0.407 e. The molecular formula is C26H34O2Si. The van der Waals surface area contributed by atoms with Gasteiger partial charge in [0.25, 0.3) is 0 Å². The Morgan fingerprint density at radius 3 is 2.07 bits per heavy atom. The Morgan fingerprint density at radius 2 is 1.55 bits per heavy atom. The van der Waals surface area contributed by atoms with Crippen LogP contribution in [0.1, 0.15) is 46.5 Å². The third kappa shape index (κ3) is 3.88. The van der Waals surface area contributed by atoms with E-state index in [1.54, 1.807) is 0 Å². The summed E-state index contributed by atoms with van der Waals surface area (Å²) in [5, 5.41) is 2.40. The molecule has 2 unspecified atom stereocenters. The van der Waals surface area contributed by atoms with Gasteiger partial charge in [-0.15, -0.1) is 0 Å². The molecule has 29 heavy (non-hydrogen) atoms. The van der Waals surface area contributed by atoms with Gasteiger partial charge in [-0.1, -0.05) is 93.9 Å². The smallest absolute Gasteiger partial charge is 0.388 e. The summed E-state index contributed by atoms with van der Waals surface area (Å²) in [4.78, 5) is 0. The van der Waals surface area contributed by atoms with Crippen LogP contribution in [0, 0.1) is 17.3 Å². The summed E-state index contributed by atoms with van der Waals surface area (Å²) in [5.41, 5.74) is 1.90. The van der Waals surface area contributed by atoms with Gasteiger partial charge in [-0.3, -0.25) is 0 Å². The zero-order valence-corrected chi connectivity index (χ0v) is 19.1. The van der Waals surface area contributed by atoms with Crippen LogP contribution in [0.15, 0.2) is 72.3 Å². The second-order valence-corrected chi connectivity index (χ2v) is 12.1. The first kappa shape index (κ1) is 20.6. The highest BCUT2D eigenvalue weighted by atomic mass is 28.4. The Labute approximate surface area is 177 Å². The predicted molar refractivity (Wildman–Crippen MR) is 123 cm³/mol. The Balaban J connectivity index is 1.66. The summed E-state index contributed by atoms with van der Waals surface area (Å²) >= 11 is 0. The molecule has 0 radical (unpaired) electrons. The highest BCUT2D eigenvalue weighted by Gasteiger charge is 2.52. The van der Waals surface area contributed by atoms with Crippen LogP contribution in [-0.4, -0.2) is 21.8 Å². The minimum Gasteiger partial charge on any atom is -0.388 e. The number of allylic oxidation sites excluding steroid dienone is 1. The van der Waals surface area contributed by atoms with Gasteiger partial charge in [0, 0.05) is 6.61 Å². The van der Waals surface area contributed by atoms with Gasteiger partial charge in [0.05, 0.1) is 6.61 Å². The molecule has 0 N–H and O–H groups in total. The van der Waals surface area contributed by atoms with E-state index in [1.807, 2.05) is 0 Å². The topological polar surface area (TPSA) is 18.5 Å². The third-order valence-corrected chi connectivity index (χ3v) is 10.5. The average molecular weight is 407 g/mol. The molecule has 0 saturated heterocycles. The molecule has 0 heterocycles. The van der Waals surface area contributed by atoms with Gasteiger partial charge in [0.15, 0.2) is 0 Å². The lowest BCUT2D eigenvalue weighted by Crippen LogP contribution is -2.64. The maximum absolute atomic E-state index is 6.92. The molecule has 3 aliphatic rings. The lowest BCUT2D eigenvalue weighted by molar-refractivity contribution is -0.0127. The standard InChI is InChI=1S/C26H34O2Si/c1-4-5-18-27-29(23-12-8-6-9-13-23,24-14-10-7-11-15-24)28-20-21-16-17-22-19-25(21)26(22,2)3/h6-16,22,25H,4-5,17-20H2,1-3H3. The van der Waals surface area contributed by atoms with E-state index in [0.717, 1.165) is 25.4 Å². The van der Waals surface area contributed by atoms with E-state index in [0.29, 0.717) is 17.9 Å². The molecule has 1 saturated carbocycles. The summed E-state index contributed by atoms with van der Waals surface area (Å²) < 4.78 is 13.6. The summed E-state index contributed by atoms with van der Waals surface area (Å²) in [7, 11) is -2.77. The van der Waals surface area contributed by atoms with E-state index in [-0.39, 0.29) is 0 Å². The second-order valence-electron chi connectivity index (χ2n) is 9.16. The van der Waals surface area contributed by atoms with E-state index in [2.05, 4.69) is 87.5 Å². The Bertz CT molecular complexity index is 789. The molecule has 0 aromatic heterocycles. The van der Waals surface area contributed by atoms with E-state index < -0.39 is 8.56 Å². The van der Waals surface area contributed by atoms with Crippen molar-refractivity contribution in [2.24, 2.45) is 17.3 Å². The maximum atomic E-state index is 6.92. The van der Waals surface area contributed by atoms with Crippen molar-refractivity contribution in [3.8, 4) is 0 Å². The molecule has 2 bridgehead atoms. The van der Waals surface area contributed by atoms with E-state index in [9.17, 15) is 0 Å². The van der Waals surface area contributed by atoms with Gasteiger partial charge in [-0.25, -0.2) is 0 Å². The second kappa shape index (κ2) is 8.59. The summed E-state index contributed by atoms with van der Waals surface area (Å²) in [6.45, 7) is 8.48. The van der Waals surface area contributed by atoms with Gasteiger partial charge in [-0.2, -0.15) is 0 Å². The summed E-state index contributed by atoms with van der Waals surface area (Å²) in [5.74, 6) is 1.51. The fourth-order valence-corrected chi connectivity index (χ4v) is 8.19. The fourth-order valence-electron chi connectivity index (χ4n) is 5.04. The first-order valence-corrected chi connectivity index (χ1v) is 13.0. The van der Waals surface area contributed by atoms with Crippen LogP contribution in [-0.2, 0) is 8.85 Å². The van der Waals surface area contributed by atoms with Crippen molar-refractivity contribution in [2.45, 2.75) is 46.5 Å². The van der Waals surface area contributed by atoms with Crippen molar-refractivity contribution < 1.29 is 8.85 Å². The van der Waals surface area contributed by atoms with Crippen molar-refractivity contribution in [3.05, 3.63) is 72.3 Å². The molecule has 5 rings (SSSR count). The molecule has 154 valence electrons. The normalized spacial score (nSPS) is 22.7. The number of unbranched alkanes of at least 4 members (excludes halogenated alkanes) is 1. The molecule has 2 aromatic rings. The average Bonchev–Trinajstić information content (AvgIpc) is 2.77. The van der Waals surface area contributed by atoms with Gasteiger partial charge in [0.1, 0.15) is 0 Å². The minimum absolute atomic E-state index is 0.417. The molecule has 3 aliphatic carbocycles. The lowest BCUT2D eigenvalue weighted by Gasteiger charge is -2.56. The number of hydrogen-bond acceptors (Lipinski definition) is 2. The highest BCUT2D eigenvalue weighted by Crippen LogP contribution is 2.59. The predicted octanol–water partition coefficient (Wildman–Crippen LogP) is 5.07. The van der Waals surface area contributed by atoms with Crippen molar-refractivity contribution >= 4 is 18.9 Å². The van der Waals surface area contributed by atoms with Gasteiger partial charge >= 0.3 is 8.56 Å². The number of rotatable bonds is 9. The minimum atomic E-state index is -2.77. The summed E-state index contributed by atoms with van der Waals surface area (Å²) in [6, 6.07) is 21.3. The van der Waals surface area contributed by atoms with Crippen LogP contribution in [0.3, 0.4) is 0 Å². The first-order valence-electron chi connectivity index (χ1n) is 11.2. The fraction of sp³-hybridized carbons (Fsp3) is 0.462. The first-order chi connectivity index (χ1) is 14.1. The van der Waals surface area contributed by atoms with E-state index in [4.69, 9.17) is 8.85 Å². The van der Waals surface area contributed by atoms with Crippen LogP contribution in [0.25, 0.3) is 0 Å². The van der Waals surface area contributed by atoms with Crippen LogP contribution in [0.2, 0.25) is 0 Å². The number of benzene rings is 2. The van der Waals surface area contributed by atoms with Crippen LogP contribution < -0.4 is 10.4 Å². The SMILES string of the molecule is CCCCO[Si](OCC1=CCC2CC1C2(C)C)(c1ccccc1)c1ccccc1. The molecule has 2 atom stereocenters.